The number of hydrogen-bond donors (Lipinski definition) is 1. The standard InChI is InChI=1S/C27H25ClN2O2/c1-4-32-26-15-20(8-9-22(26)14-21-11-18(2)10-19(3)12-21)13-23(17-29)27(31)30-25-7-5-6-24(28)16-25/h5-13,15-16H,4,14H2,1-3H3,(H,30,31)/b23-13+. The molecule has 162 valence electrons. The molecule has 0 unspecified atom stereocenters. The summed E-state index contributed by atoms with van der Waals surface area (Å²) in [6.07, 6.45) is 2.30. The molecular weight excluding hydrogens is 420 g/mol. The van der Waals surface area contributed by atoms with E-state index in [-0.39, 0.29) is 5.57 Å². The minimum atomic E-state index is -0.493. The second-order valence-electron chi connectivity index (χ2n) is 7.61. The quantitative estimate of drug-likeness (QED) is 0.334. The summed E-state index contributed by atoms with van der Waals surface area (Å²) in [6, 6.07) is 21.0. The average Bonchev–Trinajstić information content (AvgIpc) is 2.73. The number of rotatable bonds is 7. The molecule has 5 heteroatoms. The number of aryl methyl sites for hydroxylation is 2. The van der Waals surface area contributed by atoms with Gasteiger partial charge in [0.25, 0.3) is 5.91 Å². The lowest BCUT2D eigenvalue weighted by Gasteiger charge is -2.13. The van der Waals surface area contributed by atoms with Gasteiger partial charge < -0.3 is 10.1 Å². The molecule has 4 nitrogen and oxygen atoms in total. The topological polar surface area (TPSA) is 62.1 Å². The third-order valence-electron chi connectivity index (χ3n) is 4.83. The van der Waals surface area contributed by atoms with Gasteiger partial charge in [0.2, 0.25) is 0 Å². The highest BCUT2D eigenvalue weighted by atomic mass is 35.5. The number of ether oxygens (including phenoxy) is 1. The van der Waals surface area contributed by atoms with Crippen molar-refractivity contribution in [3.05, 3.63) is 99.1 Å². The highest BCUT2D eigenvalue weighted by Crippen LogP contribution is 2.26. The Kier molecular flexibility index (Phi) is 7.70. The second-order valence-corrected chi connectivity index (χ2v) is 8.04. The van der Waals surface area contributed by atoms with Gasteiger partial charge in [-0.15, -0.1) is 0 Å². The average molecular weight is 445 g/mol. The zero-order valence-electron chi connectivity index (χ0n) is 18.4. The first kappa shape index (κ1) is 23.1. The molecule has 0 saturated heterocycles. The van der Waals surface area contributed by atoms with Crippen LogP contribution in [0.2, 0.25) is 5.02 Å². The summed E-state index contributed by atoms with van der Waals surface area (Å²) in [4.78, 5) is 12.6. The zero-order valence-corrected chi connectivity index (χ0v) is 19.2. The molecule has 0 saturated carbocycles. The maximum atomic E-state index is 12.6. The van der Waals surface area contributed by atoms with Gasteiger partial charge in [0.1, 0.15) is 17.4 Å². The number of anilines is 1. The predicted molar refractivity (Wildman–Crippen MR) is 130 cm³/mol. The van der Waals surface area contributed by atoms with Crippen LogP contribution in [0.5, 0.6) is 5.75 Å². The summed E-state index contributed by atoms with van der Waals surface area (Å²) in [7, 11) is 0. The Morgan fingerprint density at radius 2 is 1.84 bits per heavy atom. The number of carbonyl (C=O) groups is 1. The van der Waals surface area contributed by atoms with Crippen LogP contribution in [0, 0.1) is 25.2 Å². The predicted octanol–water partition coefficient (Wildman–Crippen LogP) is 6.49. The number of amides is 1. The van der Waals surface area contributed by atoms with Crippen LogP contribution in [0.3, 0.4) is 0 Å². The van der Waals surface area contributed by atoms with E-state index < -0.39 is 5.91 Å². The van der Waals surface area contributed by atoms with E-state index >= 15 is 0 Å². The normalized spacial score (nSPS) is 11.0. The molecular formula is C27H25ClN2O2. The van der Waals surface area contributed by atoms with Gasteiger partial charge in [0.15, 0.2) is 0 Å². The van der Waals surface area contributed by atoms with Crippen molar-refractivity contribution < 1.29 is 9.53 Å². The maximum Gasteiger partial charge on any atom is 0.266 e. The molecule has 0 aliphatic carbocycles. The number of benzene rings is 3. The van der Waals surface area contributed by atoms with Crippen molar-refractivity contribution in [2.75, 3.05) is 11.9 Å². The van der Waals surface area contributed by atoms with Gasteiger partial charge in [0, 0.05) is 17.1 Å². The Morgan fingerprint density at radius 1 is 1.09 bits per heavy atom. The summed E-state index contributed by atoms with van der Waals surface area (Å²) in [5, 5.41) is 12.7. The highest BCUT2D eigenvalue weighted by molar-refractivity contribution is 6.31. The molecule has 1 N–H and O–H groups in total. The van der Waals surface area contributed by atoms with Crippen LogP contribution in [0.4, 0.5) is 5.69 Å². The van der Waals surface area contributed by atoms with Crippen LogP contribution in [-0.4, -0.2) is 12.5 Å². The van der Waals surface area contributed by atoms with Gasteiger partial charge >= 0.3 is 0 Å². The lowest BCUT2D eigenvalue weighted by molar-refractivity contribution is -0.112. The smallest absolute Gasteiger partial charge is 0.266 e. The molecule has 0 fully saturated rings. The van der Waals surface area contributed by atoms with Gasteiger partial charge in [-0.2, -0.15) is 5.26 Å². The Bertz CT molecular complexity index is 1190. The second kappa shape index (κ2) is 10.7. The maximum absolute atomic E-state index is 12.6. The van der Waals surface area contributed by atoms with E-state index in [1.54, 1.807) is 30.3 Å². The third kappa shape index (κ3) is 6.23. The van der Waals surface area contributed by atoms with Crippen LogP contribution < -0.4 is 10.1 Å². The van der Waals surface area contributed by atoms with E-state index in [1.807, 2.05) is 31.2 Å². The first-order valence-electron chi connectivity index (χ1n) is 10.4. The van der Waals surface area contributed by atoms with E-state index in [9.17, 15) is 10.1 Å². The van der Waals surface area contributed by atoms with Crippen molar-refractivity contribution in [1.29, 1.82) is 5.26 Å². The van der Waals surface area contributed by atoms with Gasteiger partial charge in [-0.3, -0.25) is 4.79 Å². The van der Waals surface area contributed by atoms with Crippen LogP contribution in [0.1, 0.15) is 34.7 Å². The Balaban J connectivity index is 1.86. The van der Waals surface area contributed by atoms with E-state index in [0.717, 1.165) is 23.3 Å². The molecule has 0 atom stereocenters. The summed E-state index contributed by atoms with van der Waals surface area (Å²) in [5.41, 5.74) is 5.96. The lowest BCUT2D eigenvalue weighted by atomic mass is 9.98. The Hall–Kier alpha value is -3.55. The fourth-order valence-corrected chi connectivity index (χ4v) is 3.76. The van der Waals surface area contributed by atoms with Gasteiger partial charge in [-0.1, -0.05) is 59.1 Å². The summed E-state index contributed by atoms with van der Waals surface area (Å²) < 4.78 is 5.87. The Morgan fingerprint density at radius 3 is 2.50 bits per heavy atom. The van der Waals surface area contributed by atoms with E-state index in [4.69, 9.17) is 16.3 Å². The van der Waals surface area contributed by atoms with Crippen molar-refractivity contribution in [3.8, 4) is 11.8 Å². The number of halogens is 1. The van der Waals surface area contributed by atoms with Crippen molar-refractivity contribution >= 4 is 29.3 Å². The van der Waals surface area contributed by atoms with Gasteiger partial charge in [-0.25, -0.2) is 0 Å². The molecule has 0 radical (unpaired) electrons. The van der Waals surface area contributed by atoms with Gasteiger partial charge in [0.05, 0.1) is 6.61 Å². The summed E-state index contributed by atoms with van der Waals surface area (Å²) in [5.74, 6) is 0.250. The van der Waals surface area contributed by atoms with Crippen molar-refractivity contribution in [2.24, 2.45) is 0 Å². The van der Waals surface area contributed by atoms with Crippen LogP contribution in [-0.2, 0) is 11.2 Å². The van der Waals surface area contributed by atoms with Crippen molar-refractivity contribution in [3.63, 3.8) is 0 Å². The molecule has 0 aliphatic rings. The number of carbonyl (C=O) groups excluding carboxylic acids is 1. The SMILES string of the molecule is CCOc1cc(/C=C(\C#N)C(=O)Nc2cccc(Cl)c2)ccc1Cc1cc(C)cc(C)c1. The summed E-state index contributed by atoms with van der Waals surface area (Å²) in [6.45, 7) is 6.63. The van der Waals surface area contributed by atoms with Crippen molar-refractivity contribution in [2.45, 2.75) is 27.2 Å². The zero-order chi connectivity index (χ0) is 23.1. The van der Waals surface area contributed by atoms with Gasteiger partial charge in [-0.05, 0) is 67.8 Å². The molecule has 3 aromatic carbocycles. The molecule has 0 heterocycles. The lowest BCUT2D eigenvalue weighted by Crippen LogP contribution is -2.13. The number of nitriles is 1. The first-order valence-corrected chi connectivity index (χ1v) is 10.8. The molecule has 0 aliphatic heterocycles. The third-order valence-corrected chi connectivity index (χ3v) is 5.06. The fourth-order valence-electron chi connectivity index (χ4n) is 3.57. The van der Waals surface area contributed by atoms with Crippen molar-refractivity contribution in [1.82, 2.24) is 0 Å². The van der Waals surface area contributed by atoms with E-state index in [0.29, 0.717) is 17.3 Å². The largest absolute Gasteiger partial charge is 0.494 e. The summed E-state index contributed by atoms with van der Waals surface area (Å²) >= 11 is 5.96. The molecule has 0 spiro atoms. The number of nitrogens with zero attached hydrogens (tertiary/aromatic N) is 1. The molecule has 3 aromatic rings. The van der Waals surface area contributed by atoms with Crippen LogP contribution in [0.25, 0.3) is 6.08 Å². The minimum Gasteiger partial charge on any atom is -0.494 e. The van der Waals surface area contributed by atoms with E-state index in [1.165, 1.54) is 16.7 Å². The fraction of sp³-hybridized carbons (Fsp3) is 0.185. The minimum absolute atomic E-state index is 0.00511. The molecule has 32 heavy (non-hydrogen) atoms. The molecule has 0 aromatic heterocycles. The van der Waals surface area contributed by atoms with Crippen LogP contribution >= 0.6 is 11.6 Å². The first-order chi connectivity index (χ1) is 15.4. The van der Waals surface area contributed by atoms with Crippen LogP contribution in [0.15, 0.2) is 66.2 Å². The molecule has 1 amide bonds. The monoisotopic (exact) mass is 444 g/mol. The van der Waals surface area contributed by atoms with E-state index in [2.05, 4.69) is 37.4 Å². The number of nitrogens with one attached hydrogen (secondary N) is 1. The molecule has 0 bridgehead atoms. The number of hydrogen-bond acceptors (Lipinski definition) is 3. The Labute approximate surface area is 194 Å². The molecule has 3 rings (SSSR count). The highest BCUT2D eigenvalue weighted by Gasteiger charge is 2.12.